The number of piperidine rings is 1. The first-order valence-corrected chi connectivity index (χ1v) is 9.18. The summed E-state index contributed by atoms with van der Waals surface area (Å²) in [5.41, 5.74) is 9.15. The lowest BCUT2D eigenvalue weighted by atomic mass is 9.73. The van der Waals surface area contributed by atoms with E-state index in [4.69, 9.17) is 17.3 Å². The first kappa shape index (κ1) is 17.1. The van der Waals surface area contributed by atoms with Crippen LogP contribution in [0.3, 0.4) is 0 Å². The zero-order valence-electron chi connectivity index (χ0n) is 14.4. The van der Waals surface area contributed by atoms with Crippen LogP contribution >= 0.6 is 11.6 Å². The number of halogens is 1. The second-order valence-corrected chi connectivity index (χ2v) is 7.35. The van der Waals surface area contributed by atoms with Crippen molar-refractivity contribution in [3.63, 3.8) is 0 Å². The third-order valence-electron chi connectivity index (χ3n) is 5.56. The molecule has 0 saturated carbocycles. The average molecular weight is 369 g/mol. The number of H-pyrrole nitrogens is 1. The van der Waals surface area contributed by atoms with Gasteiger partial charge < -0.3 is 15.6 Å². The van der Waals surface area contributed by atoms with Crippen molar-refractivity contribution in [2.75, 3.05) is 24.5 Å². The highest BCUT2D eigenvalue weighted by Crippen LogP contribution is 2.36. The van der Waals surface area contributed by atoms with Gasteiger partial charge in [0.15, 0.2) is 0 Å². The number of nitrogens with zero attached hydrogens (tertiary/aromatic N) is 2. The van der Waals surface area contributed by atoms with Gasteiger partial charge in [0.05, 0.1) is 17.2 Å². The summed E-state index contributed by atoms with van der Waals surface area (Å²) in [6.45, 7) is 2.44. The van der Waals surface area contributed by atoms with Gasteiger partial charge >= 0.3 is 0 Å². The van der Waals surface area contributed by atoms with Gasteiger partial charge in [0, 0.05) is 35.8 Å². The van der Waals surface area contributed by atoms with Gasteiger partial charge in [-0.05, 0) is 48.7 Å². The van der Waals surface area contributed by atoms with Gasteiger partial charge in [-0.2, -0.15) is 0 Å². The maximum atomic E-state index is 11.8. The highest BCUT2D eigenvalue weighted by Gasteiger charge is 2.35. The molecule has 0 radical (unpaired) electrons. The SMILES string of the molecule is NCC1(c2ccc(Cl)cc2)CCN(c2ccc3c(=O)[nH]cnc3c2)CC1. The third kappa shape index (κ3) is 2.97. The van der Waals surface area contributed by atoms with Gasteiger partial charge in [-0.1, -0.05) is 23.7 Å². The molecular weight excluding hydrogens is 348 g/mol. The van der Waals surface area contributed by atoms with Gasteiger partial charge in [0.25, 0.3) is 5.56 Å². The topological polar surface area (TPSA) is 75.0 Å². The fourth-order valence-corrected chi connectivity index (χ4v) is 3.99. The van der Waals surface area contributed by atoms with Crippen LogP contribution in [-0.4, -0.2) is 29.6 Å². The molecule has 3 aromatic rings. The molecule has 0 unspecified atom stereocenters. The van der Waals surface area contributed by atoms with E-state index in [9.17, 15) is 4.79 Å². The van der Waals surface area contributed by atoms with Crippen molar-refractivity contribution in [2.24, 2.45) is 5.73 Å². The molecule has 1 aromatic heterocycles. The summed E-state index contributed by atoms with van der Waals surface area (Å²) < 4.78 is 0. The summed E-state index contributed by atoms with van der Waals surface area (Å²) >= 11 is 6.03. The second kappa shape index (κ2) is 6.74. The molecular formula is C20H21ClN4O. The summed E-state index contributed by atoms with van der Waals surface area (Å²) in [5, 5.41) is 1.36. The molecule has 0 atom stereocenters. The van der Waals surface area contributed by atoms with Crippen LogP contribution in [0.25, 0.3) is 10.9 Å². The summed E-state index contributed by atoms with van der Waals surface area (Å²) in [6.07, 6.45) is 3.41. The number of aromatic nitrogens is 2. The molecule has 26 heavy (non-hydrogen) atoms. The van der Waals surface area contributed by atoms with Gasteiger partial charge in [-0.15, -0.1) is 0 Å². The van der Waals surface area contributed by atoms with Crippen LogP contribution < -0.4 is 16.2 Å². The van der Waals surface area contributed by atoms with Crippen molar-refractivity contribution in [1.82, 2.24) is 9.97 Å². The smallest absolute Gasteiger partial charge is 0.258 e. The first-order chi connectivity index (χ1) is 12.6. The Morgan fingerprint density at radius 2 is 1.88 bits per heavy atom. The van der Waals surface area contributed by atoms with Crippen molar-refractivity contribution < 1.29 is 0 Å². The van der Waals surface area contributed by atoms with Crippen LogP contribution in [0.2, 0.25) is 5.02 Å². The van der Waals surface area contributed by atoms with Crippen molar-refractivity contribution in [1.29, 1.82) is 0 Å². The molecule has 0 bridgehead atoms. The predicted octanol–water partition coefficient (Wildman–Crippen LogP) is 3.07. The zero-order valence-corrected chi connectivity index (χ0v) is 15.2. The average Bonchev–Trinajstić information content (AvgIpc) is 2.68. The van der Waals surface area contributed by atoms with Crippen LogP contribution in [0.4, 0.5) is 5.69 Å². The Hall–Kier alpha value is -2.37. The Morgan fingerprint density at radius 3 is 2.58 bits per heavy atom. The van der Waals surface area contributed by atoms with Gasteiger partial charge in [-0.3, -0.25) is 4.79 Å². The van der Waals surface area contributed by atoms with E-state index >= 15 is 0 Å². The number of nitrogens with two attached hydrogens (primary N) is 1. The van der Waals surface area contributed by atoms with E-state index in [-0.39, 0.29) is 11.0 Å². The van der Waals surface area contributed by atoms with Crippen LogP contribution in [-0.2, 0) is 5.41 Å². The molecule has 1 aliphatic heterocycles. The minimum absolute atomic E-state index is 0.00661. The number of anilines is 1. The van der Waals surface area contributed by atoms with Crippen molar-refractivity contribution in [3.8, 4) is 0 Å². The third-order valence-corrected chi connectivity index (χ3v) is 5.81. The Bertz CT molecular complexity index is 975. The molecule has 1 aliphatic rings. The molecule has 1 saturated heterocycles. The standard InChI is InChI=1S/C20H21ClN4O/c21-15-3-1-14(2-4-15)20(12-22)7-9-25(10-8-20)16-5-6-17-18(11-16)23-13-24-19(17)26/h1-6,11,13H,7-10,12,22H2,(H,23,24,26). The molecule has 134 valence electrons. The van der Waals surface area contributed by atoms with Gasteiger partial charge in [-0.25, -0.2) is 4.98 Å². The molecule has 2 heterocycles. The predicted molar refractivity (Wildman–Crippen MR) is 106 cm³/mol. The van der Waals surface area contributed by atoms with Crippen molar-refractivity contribution >= 4 is 28.2 Å². The summed E-state index contributed by atoms with van der Waals surface area (Å²) in [6, 6.07) is 13.9. The van der Waals surface area contributed by atoms with E-state index in [0.29, 0.717) is 11.9 Å². The maximum Gasteiger partial charge on any atom is 0.258 e. The zero-order chi connectivity index (χ0) is 18.1. The van der Waals surface area contributed by atoms with E-state index < -0.39 is 0 Å². The number of fused-ring (bicyclic) bond motifs is 1. The molecule has 5 nitrogen and oxygen atoms in total. The lowest BCUT2D eigenvalue weighted by Gasteiger charge is -2.42. The number of nitrogens with one attached hydrogen (secondary N) is 1. The Kier molecular flexibility index (Phi) is 4.42. The number of aromatic amines is 1. The molecule has 0 aliphatic carbocycles. The summed E-state index contributed by atoms with van der Waals surface area (Å²) in [4.78, 5) is 21.1. The highest BCUT2D eigenvalue weighted by molar-refractivity contribution is 6.30. The molecule has 4 rings (SSSR count). The molecule has 0 amide bonds. The summed E-state index contributed by atoms with van der Waals surface area (Å²) in [5.74, 6) is 0. The maximum absolute atomic E-state index is 11.8. The first-order valence-electron chi connectivity index (χ1n) is 8.80. The van der Waals surface area contributed by atoms with Crippen LogP contribution in [0.5, 0.6) is 0 Å². The van der Waals surface area contributed by atoms with Crippen molar-refractivity contribution in [3.05, 3.63) is 69.7 Å². The second-order valence-electron chi connectivity index (χ2n) is 6.91. The van der Waals surface area contributed by atoms with Crippen LogP contribution in [0, 0.1) is 0 Å². The monoisotopic (exact) mass is 368 g/mol. The van der Waals surface area contributed by atoms with E-state index in [1.54, 1.807) is 0 Å². The van der Waals surface area contributed by atoms with E-state index in [2.05, 4.69) is 27.0 Å². The quantitative estimate of drug-likeness (QED) is 0.745. The molecule has 3 N–H and O–H groups in total. The fraction of sp³-hybridized carbons (Fsp3) is 0.300. The Balaban J connectivity index is 1.57. The largest absolute Gasteiger partial charge is 0.371 e. The highest BCUT2D eigenvalue weighted by atomic mass is 35.5. The van der Waals surface area contributed by atoms with E-state index in [0.717, 1.165) is 42.2 Å². The van der Waals surface area contributed by atoms with E-state index in [1.807, 2.05) is 30.3 Å². The molecule has 2 aromatic carbocycles. The molecule has 0 spiro atoms. The number of benzene rings is 2. The number of hydrogen-bond donors (Lipinski definition) is 2. The number of rotatable bonds is 3. The Morgan fingerprint density at radius 1 is 1.15 bits per heavy atom. The van der Waals surface area contributed by atoms with Crippen LogP contribution in [0.1, 0.15) is 18.4 Å². The number of hydrogen-bond acceptors (Lipinski definition) is 4. The lowest BCUT2D eigenvalue weighted by molar-refractivity contribution is 0.340. The molecule has 6 heteroatoms. The fourth-order valence-electron chi connectivity index (χ4n) is 3.86. The van der Waals surface area contributed by atoms with Crippen LogP contribution in [0.15, 0.2) is 53.6 Å². The minimum atomic E-state index is -0.106. The van der Waals surface area contributed by atoms with Crippen molar-refractivity contribution in [2.45, 2.75) is 18.3 Å². The Labute approximate surface area is 156 Å². The minimum Gasteiger partial charge on any atom is -0.371 e. The summed E-state index contributed by atoms with van der Waals surface area (Å²) in [7, 11) is 0. The van der Waals surface area contributed by atoms with Gasteiger partial charge in [0.2, 0.25) is 0 Å². The van der Waals surface area contributed by atoms with Gasteiger partial charge in [0.1, 0.15) is 0 Å². The molecule has 1 fully saturated rings. The van der Waals surface area contributed by atoms with E-state index in [1.165, 1.54) is 11.9 Å². The normalized spacial score (nSPS) is 16.8. The lowest BCUT2D eigenvalue weighted by Crippen LogP contribution is -2.46.